The second kappa shape index (κ2) is 7.81. The highest BCUT2D eigenvalue weighted by molar-refractivity contribution is 5.85. The number of fused-ring (bicyclic) bond motifs is 7. The zero-order valence-corrected chi connectivity index (χ0v) is 18.8. The Hall–Kier alpha value is -2.07. The topological polar surface area (TPSA) is 28.5 Å². The first-order valence-electron chi connectivity index (χ1n) is 12.5. The summed E-state index contributed by atoms with van der Waals surface area (Å²) in [6, 6.07) is 9.69. The molecule has 4 nitrogen and oxygen atoms in total. The van der Waals surface area contributed by atoms with Gasteiger partial charge in [0.1, 0.15) is 0 Å². The van der Waals surface area contributed by atoms with E-state index in [2.05, 4.69) is 58.0 Å². The highest BCUT2D eigenvalue weighted by atomic mass is 16.2. The van der Waals surface area contributed by atoms with Gasteiger partial charge in [0.05, 0.1) is 6.04 Å². The minimum Gasteiger partial charge on any atom is -0.350 e. The van der Waals surface area contributed by atoms with Crippen molar-refractivity contribution in [3.05, 3.63) is 47.7 Å². The Morgan fingerprint density at radius 1 is 1.13 bits per heavy atom. The summed E-state index contributed by atoms with van der Waals surface area (Å²) < 4.78 is 2.19. The highest BCUT2D eigenvalue weighted by Crippen LogP contribution is 2.45. The summed E-state index contributed by atoms with van der Waals surface area (Å²) in [7, 11) is 2.10. The van der Waals surface area contributed by atoms with E-state index in [1.165, 1.54) is 61.7 Å². The van der Waals surface area contributed by atoms with Gasteiger partial charge in [0.15, 0.2) is 0 Å². The number of rotatable bonds is 3. The van der Waals surface area contributed by atoms with Crippen molar-refractivity contribution < 1.29 is 4.79 Å². The van der Waals surface area contributed by atoms with Crippen LogP contribution in [0.15, 0.2) is 42.1 Å². The maximum atomic E-state index is 13.5. The fourth-order valence-corrected chi connectivity index (χ4v) is 7.26. The molecule has 4 atom stereocenters. The molecule has 2 bridgehead atoms. The van der Waals surface area contributed by atoms with Crippen LogP contribution in [0.1, 0.15) is 50.5 Å². The minimum atomic E-state index is 0.364. The molecule has 164 valence electrons. The first-order valence-corrected chi connectivity index (χ1v) is 12.5. The van der Waals surface area contributed by atoms with Crippen LogP contribution in [0.4, 0.5) is 0 Å². The van der Waals surface area contributed by atoms with Gasteiger partial charge >= 0.3 is 0 Å². The molecule has 3 fully saturated rings. The summed E-state index contributed by atoms with van der Waals surface area (Å²) in [6.45, 7) is 3.42. The second-order valence-electron chi connectivity index (χ2n) is 10.4. The summed E-state index contributed by atoms with van der Waals surface area (Å²) in [5, 5.41) is 1.29. The molecule has 1 aromatic heterocycles. The van der Waals surface area contributed by atoms with Crippen LogP contribution < -0.4 is 0 Å². The zero-order chi connectivity index (χ0) is 20.9. The highest BCUT2D eigenvalue weighted by Gasteiger charge is 2.46. The molecule has 4 heteroatoms. The lowest BCUT2D eigenvalue weighted by molar-refractivity contribution is -0.136. The quantitative estimate of drug-likeness (QED) is 0.687. The number of likely N-dealkylation sites (tertiary alicyclic amines) is 1. The Balaban J connectivity index is 1.21. The molecule has 3 saturated heterocycles. The summed E-state index contributed by atoms with van der Waals surface area (Å²) in [5.41, 5.74) is 4.15. The minimum absolute atomic E-state index is 0.364. The maximum absolute atomic E-state index is 13.5. The molecule has 0 saturated carbocycles. The Morgan fingerprint density at radius 2 is 2.03 bits per heavy atom. The number of hydrogen-bond donors (Lipinski definition) is 0. The summed E-state index contributed by atoms with van der Waals surface area (Å²) in [6.07, 6.45) is 14.0. The van der Waals surface area contributed by atoms with Crippen LogP contribution in [-0.4, -0.2) is 52.0 Å². The van der Waals surface area contributed by atoms with Crippen molar-refractivity contribution in [1.82, 2.24) is 14.4 Å². The van der Waals surface area contributed by atoms with Gasteiger partial charge in [-0.05, 0) is 68.5 Å². The average Bonchev–Trinajstić information content (AvgIpc) is 3.13. The van der Waals surface area contributed by atoms with E-state index in [0.29, 0.717) is 24.3 Å². The molecule has 4 aliphatic rings. The smallest absolute Gasteiger partial charge is 0.223 e. The predicted octanol–water partition coefficient (Wildman–Crippen LogP) is 4.53. The van der Waals surface area contributed by atoms with Crippen LogP contribution in [0.25, 0.3) is 10.9 Å². The molecule has 0 radical (unpaired) electrons. The van der Waals surface area contributed by atoms with E-state index < -0.39 is 0 Å². The van der Waals surface area contributed by atoms with Crippen molar-refractivity contribution in [2.24, 2.45) is 18.9 Å². The van der Waals surface area contributed by atoms with Gasteiger partial charge in [-0.1, -0.05) is 36.3 Å². The van der Waals surface area contributed by atoms with Crippen LogP contribution in [0.3, 0.4) is 0 Å². The number of carbonyl (C=O) groups excluding carboxylic acids is 1. The fraction of sp³-hybridized carbons (Fsp3) is 0.593. The number of hydrogen-bond acceptors (Lipinski definition) is 2. The van der Waals surface area contributed by atoms with Gasteiger partial charge in [-0.2, -0.15) is 0 Å². The van der Waals surface area contributed by atoms with E-state index in [4.69, 9.17) is 0 Å². The standard InChI is InChI=1S/C27H35N3O/c1-28-17-20(23-8-2-3-10-25(23)28)11-12-26(31)30-14-6-7-19-15-21-16-22(27(19)30)18-29-13-5-4-9-24(21)29/h2-3,8,10,15,17,21-22,24,27H,4-7,9,11-14,16,18H2,1H3/t21-,22-,24+,27+/m0/s1. The third-order valence-corrected chi connectivity index (χ3v) is 8.57. The van der Waals surface area contributed by atoms with Gasteiger partial charge < -0.3 is 9.47 Å². The molecule has 0 unspecified atom stereocenters. The molecular weight excluding hydrogens is 382 g/mol. The van der Waals surface area contributed by atoms with Crippen molar-refractivity contribution in [3.8, 4) is 0 Å². The Bertz CT molecular complexity index is 1020. The number of para-hydroxylation sites is 1. The largest absolute Gasteiger partial charge is 0.350 e. The molecule has 6 rings (SSSR count). The fourth-order valence-electron chi connectivity index (χ4n) is 7.26. The number of carbonyl (C=O) groups is 1. The molecule has 1 aromatic carbocycles. The number of aromatic nitrogens is 1. The van der Waals surface area contributed by atoms with E-state index in [9.17, 15) is 4.79 Å². The van der Waals surface area contributed by atoms with E-state index in [1.807, 2.05) is 0 Å². The van der Waals surface area contributed by atoms with Gasteiger partial charge in [-0.15, -0.1) is 0 Å². The van der Waals surface area contributed by atoms with Crippen LogP contribution in [0.5, 0.6) is 0 Å². The first kappa shape index (κ1) is 19.6. The van der Waals surface area contributed by atoms with E-state index >= 15 is 0 Å². The molecule has 31 heavy (non-hydrogen) atoms. The summed E-state index contributed by atoms with van der Waals surface area (Å²) in [5.74, 6) is 1.74. The van der Waals surface area contributed by atoms with Crippen molar-refractivity contribution in [1.29, 1.82) is 0 Å². The molecule has 1 aliphatic carbocycles. The van der Waals surface area contributed by atoms with Gasteiger partial charge in [-0.3, -0.25) is 9.69 Å². The SMILES string of the molecule is Cn1cc(CCC(=O)N2CCCC3=C[C@H]4C[C@@H](CN5CCCC[C@H]45)[C@@H]32)c2ccccc21. The van der Waals surface area contributed by atoms with Crippen LogP contribution in [-0.2, 0) is 18.3 Å². The average molecular weight is 418 g/mol. The lowest BCUT2D eigenvalue weighted by atomic mass is 9.68. The number of aryl methyl sites for hydroxylation is 2. The molecule has 4 heterocycles. The van der Waals surface area contributed by atoms with Crippen molar-refractivity contribution in [3.63, 3.8) is 0 Å². The molecule has 3 aliphatic heterocycles. The Morgan fingerprint density at radius 3 is 2.97 bits per heavy atom. The van der Waals surface area contributed by atoms with Crippen LogP contribution in [0.2, 0.25) is 0 Å². The third-order valence-electron chi connectivity index (χ3n) is 8.57. The Kier molecular flexibility index (Phi) is 4.94. The normalized spacial score (nSPS) is 30.6. The number of amides is 1. The van der Waals surface area contributed by atoms with Gasteiger partial charge in [0.25, 0.3) is 0 Å². The molecule has 1 amide bonds. The van der Waals surface area contributed by atoms with E-state index in [0.717, 1.165) is 31.3 Å². The predicted molar refractivity (Wildman–Crippen MR) is 125 cm³/mol. The number of benzene rings is 1. The number of nitrogens with zero attached hydrogens (tertiary/aromatic N) is 3. The van der Waals surface area contributed by atoms with E-state index in [1.54, 1.807) is 5.57 Å². The van der Waals surface area contributed by atoms with Crippen LogP contribution in [0, 0.1) is 11.8 Å². The van der Waals surface area contributed by atoms with Crippen molar-refractivity contribution in [2.75, 3.05) is 19.6 Å². The van der Waals surface area contributed by atoms with Gasteiger partial charge in [0, 0.05) is 49.7 Å². The monoisotopic (exact) mass is 417 g/mol. The van der Waals surface area contributed by atoms with Gasteiger partial charge in [-0.25, -0.2) is 0 Å². The summed E-state index contributed by atoms with van der Waals surface area (Å²) in [4.78, 5) is 18.5. The molecular formula is C27H35N3O. The third kappa shape index (κ3) is 3.34. The van der Waals surface area contributed by atoms with E-state index in [-0.39, 0.29) is 0 Å². The summed E-state index contributed by atoms with van der Waals surface area (Å²) >= 11 is 0. The first-order chi connectivity index (χ1) is 15.2. The lowest BCUT2D eigenvalue weighted by Gasteiger charge is -2.54. The Labute approximate surface area is 185 Å². The molecule has 2 aromatic rings. The van der Waals surface area contributed by atoms with Crippen LogP contribution >= 0.6 is 0 Å². The zero-order valence-electron chi connectivity index (χ0n) is 18.8. The lowest BCUT2D eigenvalue weighted by Crippen LogP contribution is -2.60. The van der Waals surface area contributed by atoms with Crippen molar-refractivity contribution >= 4 is 16.8 Å². The number of piperidine rings is 3. The van der Waals surface area contributed by atoms with Crippen molar-refractivity contribution in [2.45, 2.75) is 63.5 Å². The maximum Gasteiger partial charge on any atom is 0.223 e. The molecule has 0 N–H and O–H groups in total. The van der Waals surface area contributed by atoms with Gasteiger partial charge in [0.2, 0.25) is 5.91 Å². The molecule has 0 spiro atoms. The second-order valence-corrected chi connectivity index (χ2v) is 10.4.